The highest BCUT2D eigenvalue weighted by atomic mass is 16.5. The Morgan fingerprint density at radius 2 is 2.42 bits per heavy atom. The molecule has 0 radical (unpaired) electrons. The fraction of sp³-hybridized carbons (Fsp3) is 0.333. The molecule has 0 aliphatic carbocycles. The van der Waals surface area contributed by atoms with Gasteiger partial charge in [0.1, 0.15) is 6.61 Å². The quantitative estimate of drug-likeness (QED) is 0.632. The van der Waals surface area contributed by atoms with E-state index in [1.54, 1.807) is 18.3 Å². The van der Waals surface area contributed by atoms with Crippen LogP contribution in [0.3, 0.4) is 0 Å². The molecule has 1 aromatic heterocycles. The number of aryl methyl sites for hydroxylation is 1. The van der Waals surface area contributed by atoms with Gasteiger partial charge in [0.15, 0.2) is 5.78 Å². The van der Waals surface area contributed by atoms with E-state index in [1.807, 2.05) is 6.92 Å². The maximum Gasteiger partial charge on any atom is 0.190 e. The summed E-state index contributed by atoms with van der Waals surface area (Å²) in [6.45, 7) is 1.93. The summed E-state index contributed by atoms with van der Waals surface area (Å²) in [5.41, 5.74) is 1.39. The smallest absolute Gasteiger partial charge is 0.190 e. The Bertz CT molecular complexity index is 284. The summed E-state index contributed by atoms with van der Waals surface area (Å²) in [6, 6.07) is 3.50. The first-order chi connectivity index (χ1) is 5.75. The van der Waals surface area contributed by atoms with Crippen molar-refractivity contribution < 1.29 is 9.53 Å². The third-order valence-electron chi connectivity index (χ3n) is 1.58. The van der Waals surface area contributed by atoms with E-state index < -0.39 is 0 Å². The highest BCUT2D eigenvalue weighted by Gasteiger charge is 2.07. The predicted octanol–water partition coefficient (Wildman–Crippen LogP) is 1.22. The highest BCUT2D eigenvalue weighted by Crippen LogP contribution is 2.04. The maximum atomic E-state index is 11.3. The zero-order chi connectivity index (χ0) is 8.97. The number of carbonyl (C=O) groups excluding carboxylic acids is 1. The number of rotatable bonds is 3. The van der Waals surface area contributed by atoms with Gasteiger partial charge in [-0.25, -0.2) is 0 Å². The highest BCUT2D eigenvalue weighted by molar-refractivity contribution is 5.97. The molecule has 0 fully saturated rings. The fourth-order valence-corrected chi connectivity index (χ4v) is 0.988. The van der Waals surface area contributed by atoms with E-state index >= 15 is 0 Å². The average Bonchev–Trinajstić information content (AvgIpc) is 2.05. The lowest BCUT2D eigenvalue weighted by atomic mass is 10.1. The molecule has 0 spiro atoms. The Kier molecular flexibility index (Phi) is 2.94. The number of nitrogens with zero attached hydrogens (tertiary/aromatic N) is 1. The molecule has 0 aliphatic heterocycles. The minimum atomic E-state index is -0.0249. The molecule has 12 heavy (non-hydrogen) atoms. The van der Waals surface area contributed by atoms with Gasteiger partial charge in [-0.05, 0) is 19.1 Å². The maximum absolute atomic E-state index is 11.3. The van der Waals surface area contributed by atoms with Gasteiger partial charge in [-0.2, -0.15) is 0 Å². The van der Waals surface area contributed by atoms with Crippen molar-refractivity contribution in [3.05, 3.63) is 29.6 Å². The van der Waals surface area contributed by atoms with Crippen LogP contribution in [0, 0.1) is 6.92 Å². The lowest BCUT2D eigenvalue weighted by Gasteiger charge is -2.01. The van der Waals surface area contributed by atoms with Crippen LogP contribution >= 0.6 is 0 Å². The second-order valence-electron chi connectivity index (χ2n) is 2.49. The molecular formula is C9H11NO2. The summed E-state index contributed by atoms with van der Waals surface area (Å²) >= 11 is 0. The molecule has 0 aliphatic rings. The van der Waals surface area contributed by atoms with E-state index in [1.165, 1.54) is 7.11 Å². The van der Waals surface area contributed by atoms with Gasteiger partial charge in [0.05, 0.1) is 0 Å². The largest absolute Gasteiger partial charge is 0.377 e. The summed E-state index contributed by atoms with van der Waals surface area (Å²) in [5.74, 6) is -0.0249. The Labute approximate surface area is 71.4 Å². The number of pyridine rings is 1. The van der Waals surface area contributed by atoms with Crippen LogP contribution < -0.4 is 0 Å². The van der Waals surface area contributed by atoms with Gasteiger partial charge in [0.25, 0.3) is 0 Å². The average molecular weight is 165 g/mol. The standard InChI is InChI=1S/C9H11NO2/c1-7-8(4-3-5-10-7)9(11)6-12-2/h3-5H,6H2,1-2H3. The van der Waals surface area contributed by atoms with Crippen molar-refractivity contribution in [1.82, 2.24) is 4.98 Å². The number of ketones is 1. The van der Waals surface area contributed by atoms with Crippen LogP contribution in [0.1, 0.15) is 16.1 Å². The number of aromatic nitrogens is 1. The molecule has 0 aromatic carbocycles. The van der Waals surface area contributed by atoms with Crippen molar-refractivity contribution in [2.24, 2.45) is 0 Å². The van der Waals surface area contributed by atoms with E-state index in [0.29, 0.717) is 5.56 Å². The molecule has 0 amide bonds. The monoisotopic (exact) mass is 165 g/mol. The van der Waals surface area contributed by atoms with Crippen LogP contribution in [0.5, 0.6) is 0 Å². The van der Waals surface area contributed by atoms with E-state index in [2.05, 4.69) is 4.98 Å². The molecule has 3 heteroatoms. The van der Waals surface area contributed by atoms with Crippen molar-refractivity contribution in [1.29, 1.82) is 0 Å². The summed E-state index contributed by atoms with van der Waals surface area (Å²) in [5, 5.41) is 0. The zero-order valence-corrected chi connectivity index (χ0v) is 7.20. The first-order valence-corrected chi connectivity index (χ1v) is 3.69. The number of hydrogen-bond acceptors (Lipinski definition) is 3. The minimum Gasteiger partial charge on any atom is -0.377 e. The normalized spacial score (nSPS) is 9.83. The van der Waals surface area contributed by atoms with Gasteiger partial charge in [0, 0.05) is 24.6 Å². The number of Topliss-reactive ketones (excluding diaryl/α,β-unsaturated/α-hetero) is 1. The molecule has 64 valence electrons. The first-order valence-electron chi connectivity index (χ1n) is 3.69. The Hall–Kier alpha value is -1.22. The molecule has 0 unspecified atom stereocenters. The molecule has 0 saturated carbocycles. The SMILES string of the molecule is COCC(=O)c1cccnc1C. The third-order valence-corrected chi connectivity index (χ3v) is 1.58. The predicted molar refractivity (Wildman–Crippen MR) is 45.2 cm³/mol. The Balaban J connectivity index is 2.87. The van der Waals surface area contributed by atoms with E-state index in [0.717, 1.165) is 5.69 Å². The molecule has 1 rings (SSSR count). The van der Waals surface area contributed by atoms with Gasteiger partial charge in [-0.1, -0.05) is 0 Å². The van der Waals surface area contributed by atoms with Gasteiger partial charge in [-0.15, -0.1) is 0 Å². The summed E-state index contributed by atoms with van der Waals surface area (Å²) in [4.78, 5) is 15.3. The van der Waals surface area contributed by atoms with Crippen molar-refractivity contribution in [2.75, 3.05) is 13.7 Å². The molecule has 0 atom stereocenters. The first kappa shape index (κ1) is 8.87. The van der Waals surface area contributed by atoms with Gasteiger partial charge in [-0.3, -0.25) is 9.78 Å². The lowest BCUT2D eigenvalue weighted by molar-refractivity contribution is 0.0847. The van der Waals surface area contributed by atoms with Gasteiger partial charge >= 0.3 is 0 Å². The van der Waals surface area contributed by atoms with Crippen LogP contribution in [0.2, 0.25) is 0 Å². The van der Waals surface area contributed by atoms with Crippen LogP contribution in [0.15, 0.2) is 18.3 Å². The molecule has 0 N–H and O–H groups in total. The zero-order valence-electron chi connectivity index (χ0n) is 7.20. The molecule has 1 aromatic rings. The van der Waals surface area contributed by atoms with E-state index in [-0.39, 0.29) is 12.4 Å². The molecule has 0 bridgehead atoms. The molecular weight excluding hydrogens is 154 g/mol. The van der Waals surface area contributed by atoms with E-state index in [9.17, 15) is 4.79 Å². The number of methoxy groups -OCH3 is 1. The van der Waals surface area contributed by atoms with Crippen LogP contribution in [0.4, 0.5) is 0 Å². The summed E-state index contributed by atoms with van der Waals surface area (Å²) in [6.07, 6.45) is 1.67. The number of carbonyl (C=O) groups is 1. The second-order valence-corrected chi connectivity index (χ2v) is 2.49. The summed E-state index contributed by atoms with van der Waals surface area (Å²) < 4.78 is 4.74. The van der Waals surface area contributed by atoms with Crippen molar-refractivity contribution in [2.45, 2.75) is 6.92 Å². The lowest BCUT2D eigenvalue weighted by Crippen LogP contribution is -2.09. The van der Waals surface area contributed by atoms with Gasteiger partial charge < -0.3 is 4.74 Å². The molecule has 0 saturated heterocycles. The minimum absolute atomic E-state index is 0.0249. The van der Waals surface area contributed by atoms with E-state index in [4.69, 9.17) is 4.74 Å². The fourth-order valence-electron chi connectivity index (χ4n) is 0.988. The topological polar surface area (TPSA) is 39.2 Å². The summed E-state index contributed by atoms with van der Waals surface area (Å²) in [7, 11) is 1.50. The van der Waals surface area contributed by atoms with Crippen LogP contribution in [-0.4, -0.2) is 24.5 Å². The second kappa shape index (κ2) is 3.97. The molecule has 3 nitrogen and oxygen atoms in total. The number of hydrogen-bond donors (Lipinski definition) is 0. The van der Waals surface area contributed by atoms with Crippen LogP contribution in [-0.2, 0) is 4.74 Å². The van der Waals surface area contributed by atoms with Crippen molar-refractivity contribution in [3.8, 4) is 0 Å². The molecule has 1 heterocycles. The Morgan fingerprint density at radius 3 is 3.00 bits per heavy atom. The van der Waals surface area contributed by atoms with Crippen molar-refractivity contribution in [3.63, 3.8) is 0 Å². The Morgan fingerprint density at radius 1 is 1.67 bits per heavy atom. The third kappa shape index (κ3) is 1.89. The van der Waals surface area contributed by atoms with Crippen LogP contribution in [0.25, 0.3) is 0 Å². The van der Waals surface area contributed by atoms with Gasteiger partial charge in [0.2, 0.25) is 0 Å². The van der Waals surface area contributed by atoms with Crippen molar-refractivity contribution >= 4 is 5.78 Å². The number of ether oxygens (including phenoxy) is 1.